The van der Waals surface area contributed by atoms with E-state index in [-0.39, 0.29) is 5.84 Å². The molecule has 0 aliphatic carbocycles. The third-order valence-electron chi connectivity index (χ3n) is 3.88. The van der Waals surface area contributed by atoms with E-state index in [1.807, 2.05) is 40.4 Å². The van der Waals surface area contributed by atoms with Gasteiger partial charge in [-0.05, 0) is 19.1 Å². The summed E-state index contributed by atoms with van der Waals surface area (Å²) in [4.78, 5) is 4.29. The van der Waals surface area contributed by atoms with Crippen LogP contribution in [0, 0.1) is 6.92 Å². The van der Waals surface area contributed by atoms with E-state index in [9.17, 15) is 0 Å². The third kappa shape index (κ3) is 1.57. The predicted molar refractivity (Wildman–Crippen MR) is 78.5 cm³/mol. The summed E-state index contributed by atoms with van der Waals surface area (Å²) in [5, 5.41) is 20.4. The van der Waals surface area contributed by atoms with Crippen molar-refractivity contribution in [2.45, 2.75) is 13.3 Å². The Morgan fingerprint density at radius 3 is 2.82 bits per heavy atom. The Morgan fingerprint density at radius 1 is 1.27 bits per heavy atom. The molecule has 4 rings (SSSR count). The molecule has 3 aromatic rings. The number of aromatic nitrogens is 5. The lowest BCUT2D eigenvalue weighted by molar-refractivity contribution is 0.318. The van der Waals surface area contributed by atoms with E-state index in [0.717, 1.165) is 28.5 Å². The highest BCUT2D eigenvalue weighted by Gasteiger charge is 2.25. The molecule has 0 spiro atoms. The minimum Gasteiger partial charge on any atom is -0.409 e. The zero-order chi connectivity index (χ0) is 15.3. The number of fused-ring (bicyclic) bond motifs is 5. The average Bonchev–Trinajstić information content (AvgIpc) is 3.08. The molecule has 0 radical (unpaired) electrons. The average molecular weight is 295 g/mol. The summed E-state index contributed by atoms with van der Waals surface area (Å²) in [5.41, 5.74) is 10.7. The highest BCUT2D eigenvalue weighted by Crippen LogP contribution is 2.29. The van der Waals surface area contributed by atoms with E-state index in [1.54, 1.807) is 6.33 Å². The molecular weight excluding hydrogens is 282 g/mol. The van der Waals surface area contributed by atoms with Crippen molar-refractivity contribution in [1.82, 2.24) is 24.5 Å². The Balaban J connectivity index is 2.08. The van der Waals surface area contributed by atoms with Crippen molar-refractivity contribution in [2.24, 2.45) is 10.9 Å². The van der Waals surface area contributed by atoms with Crippen molar-refractivity contribution in [3.63, 3.8) is 0 Å². The molecule has 2 aromatic heterocycles. The molecule has 0 fully saturated rings. The maximum atomic E-state index is 8.97. The number of para-hydroxylation sites is 2. The number of oxime groups is 1. The first-order valence-corrected chi connectivity index (χ1v) is 6.75. The summed E-state index contributed by atoms with van der Waals surface area (Å²) in [6.07, 6.45) is 2.22. The van der Waals surface area contributed by atoms with Crippen LogP contribution in [0.15, 0.2) is 35.7 Å². The van der Waals surface area contributed by atoms with Crippen molar-refractivity contribution in [3.8, 4) is 11.4 Å². The van der Waals surface area contributed by atoms with Crippen molar-refractivity contribution in [1.29, 1.82) is 0 Å². The quantitative estimate of drug-likeness (QED) is 0.233. The Morgan fingerprint density at radius 2 is 2.05 bits per heavy atom. The topological polar surface area (TPSA) is 107 Å². The molecule has 8 nitrogen and oxygen atoms in total. The van der Waals surface area contributed by atoms with E-state index in [1.165, 1.54) is 0 Å². The Kier molecular flexibility index (Phi) is 2.52. The SMILES string of the molecule is Cc1nnn2c1Cc1c(/C(N)=N/O)ncn1-c1ccccc1-2. The van der Waals surface area contributed by atoms with E-state index in [0.29, 0.717) is 12.1 Å². The molecule has 1 aliphatic heterocycles. The molecule has 110 valence electrons. The van der Waals surface area contributed by atoms with Crippen molar-refractivity contribution in [3.05, 3.63) is 53.4 Å². The van der Waals surface area contributed by atoms with Crippen LogP contribution in [0.25, 0.3) is 11.4 Å². The maximum absolute atomic E-state index is 8.97. The van der Waals surface area contributed by atoms with Gasteiger partial charge in [-0.2, -0.15) is 0 Å². The molecule has 0 amide bonds. The summed E-state index contributed by atoms with van der Waals surface area (Å²) in [6.45, 7) is 1.91. The Labute approximate surface area is 125 Å². The number of aryl methyl sites for hydroxylation is 1. The number of rotatable bonds is 1. The fourth-order valence-corrected chi connectivity index (χ4v) is 2.79. The number of nitrogens with two attached hydrogens (primary N) is 1. The van der Waals surface area contributed by atoms with Gasteiger partial charge in [-0.15, -0.1) is 5.10 Å². The lowest BCUT2D eigenvalue weighted by Crippen LogP contribution is -2.17. The third-order valence-corrected chi connectivity index (χ3v) is 3.88. The van der Waals surface area contributed by atoms with Crippen molar-refractivity contribution < 1.29 is 5.21 Å². The molecule has 3 N–H and O–H groups in total. The number of benzene rings is 1. The molecular formula is C14H13N7O. The number of imidazole rings is 1. The standard InChI is InChI=1S/C14H13N7O/c1-8-11-6-12-13(14(15)18-22)16-7-20(12)9-4-2-3-5-10(9)21(11)19-17-8/h2-5,7,22H,6H2,1H3,(H2,15,18). The van der Waals surface area contributed by atoms with Crippen LogP contribution in [0.1, 0.15) is 22.8 Å². The van der Waals surface area contributed by atoms with Gasteiger partial charge in [0.05, 0.1) is 28.5 Å². The number of hydrogen-bond donors (Lipinski definition) is 2. The normalized spacial score (nSPS) is 13.2. The Bertz CT molecular complexity index is 906. The minimum absolute atomic E-state index is 0.00944. The molecule has 0 bridgehead atoms. The summed E-state index contributed by atoms with van der Waals surface area (Å²) >= 11 is 0. The second-order valence-corrected chi connectivity index (χ2v) is 5.09. The first-order valence-electron chi connectivity index (χ1n) is 6.75. The molecule has 22 heavy (non-hydrogen) atoms. The molecule has 1 aromatic carbocycles. The molecule has 3 heterocycles. The molecule has 1 aliphatic rings. The van der Waals surface area contributed by atoms with Gasteiger partial charge in [0.1, 0.15) is 12.0 Å². The van der Waals surface area contributed by atoms with Crippen LogP contribution in [-0.2, 0) is 6.42 Å². The largest absolute Gasteiger partial charge is 0.409 e. The van der Waals surface area contributed by atoms with Gasteiger partial charge in [0.2, 0.25) is 0 Å². The van der Waals surface area contributed by atoms with Gasteiger partial charge in [-0.25, -0.2) is 9.67 Å². The summed E-state index contributed by atoms with van der Waals surface area (Å²) in [5.74, 6) is -0.00944. The lowest BCUT2D eigenvalue weighted by Gasteiger charge is -2.08. The van der Waals surface area contributed by atoms with Crippen LogP contribution in [-0.4, -0.2) is 35.6 Å². The van der Waals surface area contributed by atoms with Gasteiger partial charge in [0, 0.05) is 6.42 Å². The molecule has 0 unspecified atom stereocenters. The summed E-state index contributed by atoms with van der Waals surface area (Å²) in [7, 11) is 0. The highest BCUT2D eigenvalue weighted by molar-refractivity contribution is 5.96. The molecule has 0 saturated carbocycles. The lowest BCUT2D eigenvalue weighted by atomic mass is 10.1. The van der Waals surface area contributed by atoms with Gasteiger partial charge in [-0.1, -0.05) is 22.5 Å². The van der Waals surface area contributed by atoms with E-state index >= 15 is 0 Å². The fraction of sp³-hybridized carbons (Fsp3) is 0.143. The first-order chi connectivity index (χ1) is 10.7. The van der Waals surface area contributed by atoms with Gasteiger partial charge in [-0.3, -0.25) is 4.57 Å². The van der Waals surface area contributed by atoms with Crippen LogP contribution in [0.4, 0.5) is 0 Å². The van der Waals surface area contributed by atoms with E-state index < -0.39 is 0 Å². The smallest absolute Gasteiger partial charge is 0.190 e. The van der Waals surface area contributed by atoms with Crippen molar-refractivity contribution >= 4 is 5.84 Å². The van der Waals surface area contributed by atoms with Gasteiger partial charge in [0.15, 0.2) is 5.84 Å². The second kappa shape index (κ2) is 4.42. The predicted octanol–water partition coefficient (Wildman–Crippen LogP) is 0.760. The highest BCUT2D eigenvalue weighted by atomic mass is 16.4. The minimum atomic E-state index is -0.00944. The number of nitrogens with zero attached hydrogens (tertiary/aromatic N) is 6. The van der Waals surface area contributed by atoms with Crippen LogP contribution in [0.3, 0.4) is 0 Å². The van der Waals surface area contributed by atoms with Gasteiger partial charge in [0.25, 0.3) is 0 Å². The van der Waals surface area contributed by atoms with Crippen LogP contribution < -0.4 is 5.73 Å². The fourth-order valence-electron chi connectivity index (χ4n) is 2.79. The van der Waals surface area contributed by atoms with Crippen LogP contribution in [0.5, 0.6) is 0 Å². The molecule has 0 atom stereocenters. The van der Waals surface area contributed by atoms with Crippen LogP contribution in [0.2, 0.25) is 0 Å². The zero-order valence-corrected chi connectivity index (χ0v) is 11.8. The van der Waals surface area contributed by atoms with E-state index in [4.69, 9.17) is 10.9 Å². The van der Waals surface area contributed by atoms with Gasteiger partial charge < -0.3 is 10.9 Å². The maximum Gasteiger partial charge on any atom is 0.190 e. The van der Waals surface area contributed by atoms with Gasteiger partial charge >= 0.3 is 0 Å². The molecule has 0 saturated heterocycles. The van der Waals surface area contributed by atoms with Crippen molar-refractivity contribution in [2.75, 3.05) is 0 Å². The molecule has 8 heteroatoms. The van der Waals surface area contributed by atoms with Crippen LogP contribution >= 0.6 is 0 Å². The first kappa shape index (κ1) is 12.6. The van der Waals surface area contributed by atoms with E-state index in [2.05, 4.69) is 20.5 Å². The second-order valence-electron chi connectivity index (χ2n) is 5.09. The summed E-state index contributed by atoms with van der Waals surface area (Å²) in [6, 6.07) is 7.85. The number of hydrogen-bond acceptors (Lipinski definition) is 5. The zero-order valence-electron chi connectivity index (χ0n) is 11.8. The monoisotopic (exact) mass is 295 g/mol. The Hall–Kier alpha value is -3.16. The summed E-state index contributed by atoms with van der Waals surface area (Å²) < 4.78 is 3.77. The number of amidine groups is 1.